The lowest BCUT2D eigenvalue weighted by Gasteiger charge is -2.10. The van der Waals surface area contributed by atoms with Crippen LogP contribution in [0.1, 0.15) is 42.4 Å². The third kappa shape index (κ3) is 14.3. The molecule has 2 aromatic carbocycles. The van der Waals surface area contributed by atoms with Crippen LogP contribution in [0.25, 0.3) is 11.6 Å². The van der Waals surface area contributed by atoms with Crippen LogP contribution in [0, 0.1) is 27.2 Å². The standard InChI is InChI=1S/C17H18N6O3.C15H13N5O2.C3H9NO.O2S/c1-12(24)11-20-17-19-6-5-15(21-17)22-8-7-18-16(22)10-13-3-2-4-14(9-13)23(25)26;1-11-16-6-5-14(18-11)19-8-7-17-15(19)10-12-3-2-4-13(9-12)20(21)22;1-3(5)2-4;1-3-2/h2-9,12,24H,10-11H2,1H3,(H,19,20,21);2-9H,10H2,1H3;3,5H,2,4H2,1H3;/t12-;;3-;/m0.0./s1. The van der Waals surface area contributed by atoms with Gasteiger partial charge in [-0.25, -0.2) is 24.9 Å². The molecule has 0 saturated heterocycles. The summed E-state index contributed by atoms with van der Waals surface area (Å²) in [5, 5.41) is 42.3. The molecular weight excluding hydrogens is 749 g/mol. The maximum absolute atomic E-state index is 10.9. The van der Waals surface area contributed by atoms with Crippen LogP contribution in [0.3, 0.4) is 0 Å². The normalized spacial score (nSPS) is 11.2. The number of aryl methyl sites for hydroxylation is 1. The molecule has 0 aliphatic rings. The Balaban J connectivity index is 0.000000255. The van der Waals surface area contributed by atoms with E-state index in [2.05, 4.69) is 35.2 Å². The number of hydrogen-bond acceptors (Lipinski definition) is 16. The molecule has 4 heterocycles. The fraction of sp³-hybridized carbons (Fsp3) is 0.257. The summed E-state index contributed by atoms with van der Waals surface area (Å²) in [5.41, 5.74) is 6.66. The lowest BCUT2D eigenvalue weighted by molar-refractivity contribution is -0.385. The number of nitro benzene ring substituents is 2. The molecule has 6 aromatic rings. The van der Waals surface area contributed by atoms with E-state index < -0.39 is 27.5 Å². The van der Waals surface area contributed by atoms with E-state index >= 15 is 0 Å². The molecule has 2 atom stereocenters. The fourth-order valence-corrected chi connectivity index (χ4v) is 4.66. The lowest BCUT2D eigenvalue weighted by atomic mass is 10.1. The summed E-state index contributed by atoms with van der Waals surface area (Å²) in [6.07, 6.45) is 10.3. The van der Waals surface area contributed by atoms with Crippen molar-refractivity contribution in [2.24, 2.45) is 5.73 Å². The van der Waals surface area contributed by atoms with E-state index in [-0.39, 0.29) is 17.5 Å². The zero-order chi connectivity index (χ0) is 41.0. The van der Waals surface area contributed by atoms with Crippen molar-refractivity contribution >= 4 is 28.9 Å². The first-order valence-corrected chi connectivity index (χ1v) is 17.4. The van der Waals surface area contributed by atoms with Gasteiger partial charge in [0, 0.05) is 87.4 Å². The molecule has 0 aliphatic heterocycles. The highest BCUT2D eigenvalue weighted by atomic mass is 32.1. The number of rotatable bonds is 12. The molecule has 20 nitrogen and oxygen atoms in total. The van der Waals surface area contributed by atoms with E-state index in [0.717, 1.165) is 22.8 Å². The van der Waals surface area contributed by atoms with Gasteiger partial charge in [0.15, 0.2) is 0 Å². The van der Waals surface area contributed by atoms with Crippen molar-refractivity contribution < 1.29 is 28.5 Å². The van der Waals surface area contributed by atoms with Crippen LogP contribution in [0.5, 0.6) is 0 Å². The molecule has 0 aliphatic carbocycles. The second kappa shape index (κ2) is 22.5. The number of aliphatic hydroxyl groups is 2. The number of anilines is 1. The Morgan fingerprint density at radius 1 is 0.750 bits per heavy atom. The van der Waals surface area contributed by atoms with Gasteiger partial charge in [-0.15, -0.1) is 0 Å². The van der Waals surface area contributed by atoms with Crippen LogP contribution in [0.2, 0.25) is 0 Å². The van der Waals surface area contributed by atoms with Crippen LogP contribution in [-0.2, 0) is 24.4 Å². The maximum Gasteiger partial charge on any atom is 0.335 e. The minimum absolute atomic E-state index is 0.0484. The van der Waals surface area contributed by atoms with Gasteiger partial charge < -0.3 is 21.3 Å². The summed E-state index contributed by atoms with van der Waals surface area (Å²) in [7, 11) is 0. The van der Waals surface area contributed by atoms with Crippen LogP contribution in [0.4, 0.5) is 17.3 Å². The first kappa shape index (κ1) is 43.7. The number of nitrogens with one attached hydrogen (secondary N) is 1. The van der Waals surface area contributed by atoms with Crippen molar-refractivity contribution in [3.05, 3.63) is 147 Å². The van der Waals surface area contributed by atoms with Crippen molar-refractivity contribution in [3.63, 3.8) is 0 Å². The molecule has 6 rings (SSSR count). The topological polar surface area (TPSA) is 286 Å². The fourth-order valence-electron chi connectivity index (χ4n) is 4.66. The molecule has 4 aromatic heterocycles. The highest BCUT2D eigenvalue weighted by Gasteiger charge is 2.13. The summed E-state index contributed by atoms with van der Waals surface area (Å²) in [6, 6.07) is 16.6. The van der Waals surface area contributed by atoms with Gasteiger partial charge in [-0.3, -0.25) is 29.4 Å². The Bertz CT molecular complexity index is 2210. The van der Waals surface area contributed by atoms with Crippen molar-refractivity contribution in [3.8, 4) is 11.6 Å². The van der Waals surface area contributed by atoms with Crippen LogP contribution >= 0.6 is 0 Å². The average molecular weight is 789 g/mol. The van der Waals surface area contributed by atoms with E-state index in [9.17, 15) is 25.3 Å². The van der Waals surface area contributed by atoms with Gasteiger partial charge in [0.1, 0.15) is 29.1 Å². The van der Waals surface area contributed by atoms with Crippen LogP contribution in [0.15, 0.2) is 97.8 Å². The van der Waals surface area contributed by atoms with E-state index in [4.69, 9.17) is 19.3 Å². The SMILES string of the molecule is C[C@H](O)CN.C[C@H](O)CNc1nccc(-n2ccnc2Cc2cccc([N+](=O)[O-])c2)n1.Cc1nccc(-n2ccnc2Cc2cccc([N+](=O)[O-])c2)n1.O=S=O. The van der Waals surface area contributed by atoms with Crippen molar-refractivity contribution in [2.75, 3.05) is 18.4 Å². The smallest absolute Gasteiger partial charge is 0.335 e. The molecule has 56 heavy (non-hydrogen) atoms. The second-order valence-corrected chi connectivity index (χ2v) is 11.9. The summed E-state index contributed by atoms with van der Waals surface area (Å²) < 4.78 is 20.2. The molecular formula is C35H40N12O8S. The van der Waals surface area contributed by atoms with Gasteiger partial charge in [0.25, 0.3) is 11.4 Å². The van der Waals surface area contributed by atoms with Gasteiger partial charge in [0.05, 0.1) is 22.1 Å². The number of aromatic nitrogens is 8. The number of aliphatic hydroxyl groups excluding tert-OH is 2. The Labute approximate surface area is 324 Å². The zero-order valence-electron chi connectivity index (χ0n) is 30.5. The van der Waals surface area contributed by atoms with E-state index in [1.165, 1.54) is 18.2 Å². The number of hydrogen-bond donors (Lipinski definition) is 4. The summed E-state index contributed by atoms with van der Waals surface area (Å²) in [6.45, 7) is 5.85. The van der Waals surface area contributed by atoms with Gasteiger partial charge in [0.2, 0.25) is 5.95 Å². The van der Waals surface area contributed by atoms with Crippen molar-refractivity contribution in [2.45, 2.75) is 45.8 Å². The van der Waals surface area contributed by atoms with Crippen molar-refractivity contribution in [1.29, 1.82) is 0 Å². The lowest BCUT2D eigenvalue weighted by Crippen LogP contribution is -2.17. The molecule has 0 spiro atoms. The predicted octanol–water partition coefficient (Wildman–Crippen LogP) is 3.08. The van der Waals surface area contributed by atoms with Gasteiger partial charge in [-0.2, -0.15) is 13.4 Å². The number of non-ortho nitro benzene ring substituents is 2. The summed E-state index contributed by atoms with van der Waals surface area (Å²) in [4.78, 5) is 46.6. The largest absolute Gasteiger partial charge is 0.392 e. The molecule has 21 heteroatoms. The van der Waals surface area contributed by atoms with Crippen LogP contribution in [-0.4, -0.2) is 92.8 Å². The molecule has 0 fully saturated rings. The van der Waals surface area contributed by atoms with Crippen molar-refractivity contribution in [1.82, 2.24) is 39.0 Å². The number of nitrogens with zero attached hydrogens (tertiary/aromatic N) is 10. The molecule has 0 radical (unpaired) electrons. The summed E-state index contributed by atoms with van der Waals surface area (Å²) >= 11 is -0.750. The highest BCUT2D eigenvalue weighted by molar-refractivity contribution is 7.51. The molecule has 0 bridgehead atoms. The molecule has 0 saturated carbocycles. The first-order chi connectivity index (χ1) is 26.8. The number of benzene rings is 2. The Morgan fingerprint density at radius 2 is 1.21 bits per heavy atom. The predicted molar refractivity (Wildman–Crippen MR) is 205 cm³/mol. The maximum atomic E-state index is 10.9. The Hall–Kier alpha value is -6.68. The third-order valence-corrected chi connectivity index (χ3v) is 7.19. The first-order valence-electron chi connectivity index (χ1n) is 16.7. The van der Waals surface area contributed by atoms with Crippen LogP contribution < -0.4 is 11.1 Å². The van der Waals surface area contributed by atoms with E-state index in [0.29, 0.717) is 49.3 Å². The zero-order valence-corrected chi connectivity index (χ0v) is 31.3. The average Bonchev–Trinajstić information content (AvgIpc) is 3.85. The Morgan fingerprint density at radius 3 is 1.64 bits per heavy atom. The minimum atomic E-state index is -0.750. The number of imidazole rings is 2. The van der Waals surface area contributed by atoms with E-state index in [1.54, 1.807) is 79.7 Å². The quantitative estimate of drug-likeness (QED) is 0.102. The molecule has 0 amide bonds. The molecule has 294 valence electrons. The van der Waals surface area contributed by atoms with Gasteiger partial charge in [-0.1, -0.05) is 24.3 Å². The minimum Gasteiger partial charge on any atom is -0.392 e. The number of nitrogens with two attached hydrogens (primary N) is 1. The second-order valence-electron chi connectivity index (χ2n) is 11.7. The van der Waals surface area contributed by atoms with E-state index in [1.807, 2.05) is 29.8 Å². The monoisotopic (exact) mass is 788 g/mol. The molecule has 5 N–H and O–H groups in total. The highest BCUT2D eigenvalue weighted by Crippen LogP contribution is 2.19. The van der Waals surface area contributed by atoms with Gasteiger partial charge in [-0.05, 0) is 44.0 Å². The summed E-state index contributed by atoms with van der Waals surface area (Å²) in [5.74, 6) is 3.88. The molecule has 0 unspecified atom stereocenters. The number of nitro groups is 2. The third-order valence-electron chi connectivity index (χ3n) is 7.19. The van der Waals surface area contributed by atoms with Gasteiger partial charge >= 0.3 is 11.6 Å². The Kier molecular flexibility index (Phi) is 17.6.